The van der Waals surface area contributed by atoms with Crippen LogP contribution < -0.4 is 5.32 Å². The Hall–Kier alpha value is -0.890. The molecule has 0 atom stereocenters. The normalized spacial score (nSPS) is 15.3. The van der Waals surface area contributed by atoms with Crippen molar-refractivity contribution in [2.24, 2.45) is 0 Å². The topological polar surface area (TPSA) is 39.1 Å². The van der Waals surface area contributed by atoms with E-state index in [0.717, 1.165) is 31.2 Å². The number of thiophene rings is 1. The number of hydrogen-bond donors (Lipinski definition) is 1. The molecule has 0 saturated heterocycles. The van der Waals surface area contributed by atoms with Crippen molar-refractivity contribution in [3.63, 3.8) is 0 Å². The van der Waals surface area contributed by atoms with Gasteiger partial charge in [0.2, 0.25) is 0 Å². The van der Waals surface area contributed by atoms with Gasteiger partial charge in [0.1, 0.15) is 6.07 Å². The molecule has 1 aromatic heterocycles. The summed E-state index contributed by atoms with van der Waals surface area (Å²) >= 11 is 1.65. The number of nitrogens with zero attached hydrogens (tertiary/aromatic N) is 2. The van der Waals surface area contributed by atoms with Crippen LogP contribution in [0.5, 0.6) is 0 Å². The summed E-state index contributed by atoms with van der Waals surface area (Å²) < 4.78 is 0. The van der Waals surface area contributed by atoms with Crippen LogP contribution in [0.4, 0.5) is 0 Å². The molecule has 0 unspecified atom stereocenters. The van der Waals surface area contributed by atoms with Gasteiger partial charge in [0.25, 0.3) is 0 Å². The molecule has 1 aliphatic rings. The van der Waals surface area contributed by atoms with Crippen LogP contribution in [0.25, 0.3) is 0 Å². The van der Waals surface area contributed by atoms with Crippen LogP contribution in [0, 0.1) is 11.3 Å². The van der Waals surface area contributed by atoms with E-state index in [9.17, 15) is 0 Å². The lowest BCUT2D eigenvalue weighted by Crippen LogP contribution is -2.30. The van der Waals surface area contributed by atoms with Gasteiger partial charge in [0.05, 0.1) is 5.56 Å². The van der Waals surface area contributed by atoms with Crippen LogP contribution in [0.3, 0.4) is 0 Å². The van der Waals surface area contributed by atoms with Gasteiger partial charge >= 0.3 is 0 Å². The molecule has 86 valence electrons. The number of rotatable bonds is 6. The summed E-state index contributed by atoms with van der Waals surface area (Å²) in [4.78, 5) is 3.66. The zero-order valence-corrected chi connectivity index (χ0v) is 10.4. The minimum absolute atomic E-state index is 0.775. The highest BCUT2D eigenvalue weighted by Gasteiger charge is 2.25. The van der Waals surface area contributed by atoms with Gasteiger partial charge in [0.15, 0.2) is 0 Å². The van der Waals surface area contributed by atoms with Crippen LogP contribution in [0.2, 0.25) is 0 Å². The highest BCUT2D eigenvalue weighted by molar-refractivity contribution is 7.10. The quantitative estimate of drug-likeness (QED) is 0.764. The second kappa shape index (κ2) is 5.44. The van der Waals surface area contributed by atoms with Crippen LogP contribution in [-0.2, 0) is 6.54 Å². The van der Waals surface area contributed by atoms with E-state index in [0.29, 0.717) is 0 Å². The summed E-state index contributed by atoms with van der Waals surface area (Å²) in [7, 11) is 2.19. The zero-order valence-electron chi connectivity index (χ0n) is 9.57. The molecular weight excluding hydrogens is 218 g/mol. The molecule has 16 heavy (non-hydrogen) atoms. The zero-order chi connectivity index (χ0) is 11.4. The van der Waals surface area contributed by atoms with Gasteiger partial charge in [-0.15, -0.1) is 11.3 Å². The van der Waals surface area contributed by atoms with Gasteiger partial charge in [-0.3, -0.25) is 0 Å². The molecule has 0 aromatic carbocycles. The molecule has 0 aliphatic heterocycles. The fourth-order valence-corrected chi connectivity index (χ4v) is 2.48. The Bertz CT molecular complexity index is 376. The first-order valence-electron chi connectivity index (χ1n) is 5.68. The monoisotopic (exact) mass is 235 g/mol. The van der Waals surface area contributed by atoms with Crippen molar-refractivity contribution in [1.29, 1.82) is 5.26 Å². The molecule has 3 nitrogen and oxygen atoms in total. The van der Waals surface area contributed by atoms with E-state index >= 15 is 0 Å². The van der Waals surface area contributed by atoms with Crippen LogP contribution in [0.15, 0.2) is 11.4 Å². The van der Waals surface area contributed by atoms with E-state index in [1.165, 1.54) is 17.7 Å². The largest absolute Gasteiger partial charge is 0.311 e. The van der Waals surface area contributed by atoms with Crippen LogP contribution >= 0.6 is 11.3 Å². The van der Waals surface area contributed by atoms with E-state index in [1.807, 2.05) is 11.4 Å². The van der Waals surface area contributed by atoms with E-state index in [4.69, 9.17) is 5.26 Å². The Balaban J connectivity index is 1.62. The molecule has 1 aliphatic carbocycles. The molecular formula is C12H17N3S. The molecule has 2 rings (SSSR count). The third-order valence-electron chi connectivity index (χ3n) is 2.89. The van der Waals surface area contributed by atoms with Crippen molar-refractivity contribution in [2.75, 3.05) is 20.1 Å². The summed E-state index contributed by atoms with van der Waals surface area (Å²) in [5.41, 5.74) is 0.775. The predicted octanol–water partition coefficient (Wildman–Crippen LogP) is 1.80. The molecule has 1 saturated carbocycles. The van der Waals surface area contributed by atoms with Crippen molar-refractivity contribution in [2.45, 2.75) is 25.4 Å². The molecule has 1 heterocycles. The lowest BCUT2D eigenvalue weighted by atomic mass is 10.3. The van der Waals surface area contributed by atoms with Crippen molar-refractivity contribution < 1.29 is 0 Å². The first kappa shape index (κ1) is 11.6. The average molecular weight is 235 g/mol. The smallest absolute Gasteiger partial charge is 0.100 e. The minimum atomic E-state index is 0.775. The van der Waals surface area contributed by atoms with E-state index in [-0.39, 0.29) is 0 Å². The maximum Gasteiger partial charge on any atom is 0.100 e. The molecule has 4 heteroatoms. The molecule has 0 bridgehead atoms. The van der Waals surface area contributed by atoms with Gasteiger partial charge in [-0.1, -0.05) is 0 Å². The third kappa shape index (κ3) is 3.31. The van der Waals surface area contributed by atoms with Gasteiger partial charge in [-0.25, -0.2) is 0 Å². The average Bonchev–Trinajstić information content (AvgIpc) is 3.04. The van der Waals surface area contributed by atoms with E-state index in [1.54, 1.807) is 11.3 Å². The summed E-state index contributed by atoms with van der Waals surface area (Å²) in [5.74, 6) is 0. The highest BCUT2D eigenvalue weighted by Crippen LogP contribution is 2.24. The number of likely N-dealkylation sites (N-methyl/N-ethyl adjacent to an activating group) is 1. The number of nitrogens with one attached hydrogen (secondary N) is 1. The molecule has 0 amide bonds. The number of nitriles is 1. The van der Waals surface area contributed by atoms with Crippen LogP contribution in [-0.4, -0.2) is 31.1 Å². The van der Waals surface area contributed by atoms with Crippen molar-refractivity contribution in [3.8, 4) is 6.07 Å². The van der Waals surface area contributed by atoms with Crippen molar-refractivity contribution in [3.05, 3.63) is 21.9 Å². The summed E-state index contributed by atoms with van der Waals surface area (Å²) in [6.07, 6.45) is 2.74. The van der Waals surface area contributed by atoms with Crippen molar-refractivity contribution >= 4 is 11.3 Å². The van der Waals surface area contributed by atoms with E-state index < -0.39 is 0 Å². The van der Waals surface area contributed by atoms with Gasteiger partial charge in [0, 0.05) is 35.9 Å². The predicted molar refractivity (Wildman–Crippen MR) is 66.4 cm³/mol. The summed E-state index contributed by atoms with van der Waals surface area (Å²) in [6.45, 7) is 3.01. The third-order valence-corrected chi connectivity index (χ3v) is 3.83. The maximum atomic E-state index is 8.69. The standard InChI is InChI=1S/C12H17N3S/c1-15(11-2-3-11)5-4-14-8-12-6-10(7-13)9-16-12/h6,9,11,14H,2-5,8H2,1H3. The second-order valence-corrected chi connectivity index (χ2v) is 5.30. The second-order valence-electron chi connectivity index (χ2n) is 4.30. The van der Waals surface area contributed by atoms with Crippen LogP contribution in [0.1, 0.15) is 23.3 Å². The summed E-state index contributed by atoms with van der Waals surface area (Å²) in [6, 6.07) is 4.96. The molecule has 1 N–H and O–H groups in total. The Labute approximate surface area is 101 Å². The molecule has 1 aromatic rings. The fraction of sp³-hybridized carbons (Fsp3) is 0.583. The molecule has 0 radical (unpaired) electrons. The first-order chi connectivity index (χ1) is 7.79. The number of hydrogen-bond acceptors (Lipinski definition) is 4. The van der Waals surface area contributed by atoms with E-state index in [2.05, 4.69) is 23.3 Å². The Kier molecular flexibility index (Phi) is 3.94. The lowest BCUT2D eigenvalue weighted by molar-refractivity contribution is 0.322. The Morgan fingerprint density at radius 1 is 1.62 bits per heavy atom. The minimum Gasteiger partial charge on any atom is -0.311 e. The van der Waals surface area contributed by atoms with Gasteiger partial charge < -0.3 is 10.2 Å². The Morgan fingerprint density at radius 3 is 3.06 bits per heavy atom. The highest BCUT2D eigenvalue weighted by atomic mass is 32.1. The lowest BCUT2D eigenvalue weighted by Gasteiger charge is -2.15. The Morgan fingerprint density at radius 2 is 2.44 bits per heavy atom. The molecule has 1 fully saturated rings. The van der Waals surface area contributed by atoms with Gasteiger partial charge in [-0.05, 0) is 26.0 Å². The van der Waals surface area contributed by atoms with Gasteiger partial charge in [-0.2, -0.15) is 5.26 Å². The molecule has 0 spiro atoms. The fourth-order valence-electron chi connectivity index (χ4n) is 1.70. The summed E-state index contributed by atoms with van der Waals surface area (Å²) in [5, 5.41) is 14.0. The first-order valence-corrected chi connectivity index (χ1v) is 6.56. The maximum absolute atomic E-state index is 8.69. The SMILES string of the molecule is CN(CCNCc1cc(C#N)cs1)C1CC1. The van der Waals surface area contributed by atoms with Crippen molar-refractivity contribution in [1.82, 2.24) is 10.2 Å².